The van der Waals surface area contributed by atoms with Crippen LogP contribution in [0.4, 0.5) is 5.69 Å². The fourth-order valence-electron chi connectivity index (χ4n) is 3.19. The molecule has 0 radical (unpaired) electrons. The molecule has 1 saturated heterocycles. The van der Waals surface area contributed by atoms with Crippen molar-refractivity contribution in [2.24, 2.45) is 5.92 Å². The Balaban J connectivity index is 1.57. The van der Waals surface area contributed by atoms with Crippen LogP contribution in [-0.4, -0.2) is 40.2 Å². The highest BCUT2D eigenvalue weighted by Gasteiger charge is 2.35. The second kappa shape index (κ2) is 8.65. The summed E-state index contributed by atoms with van der Waals surface area (Å²) < 4.78 is 0. The van der Waals surface area contributed by atoms with E-state index in [1.165, 1.54) is 6.20 Å². The van der Waals surface area contributed by atoms with Gasteiger partial charge in [0.05, 0.1) is 11.5 Å². The fraction of sp³-hybridized carbons (Fsp3) is 0.333. The van der Waals surface area contributed by atoms with Gasteiger partial charge in [0.15, 0.2) is 0 Å². The van der Waals surface area contributed by atoms with E-state index in [9.17, 15) is 14.4 Å². The molecule has 146 valence electrons. The lowest BCUT2D eigenvalue weighted by molar-refractivity contribution is -0.129. The average Bonchev–Trinajstić information content (AvgIpc) is 3.09. The van der Waals surface area contributed by atoms with Gasteiger partial charge in [-0.05, 0) is 43.7 Å². The maximum Gasteiger partial charge on any atom is 0.253 e. The molecule has 1 aromatic carbocycles. The summed E-state index contributed by atoms with van der Waals surface area (Å²) in [4.78, 5) is 42.3. The van der Waals surface area contributed by atoms with Gasteiger partial charge in [-0.25, -0.2) is 0 Å². The van der Waals surface area contributed by atoms with Crippen molar-refractivity contribution in [2.75, 3.05) is 11.9 Å². The molecule has 7 heteroatoms. The number of rotatable bonds is 6. The summed E-state index contributed by atoms with van der Waals surface area (Å²) >= 11 is 0. The minimum atomic E-state index is -0.344. The Morgan fingerprint density at radius 3 is 2.75 bits per heavy atom. The first kappa shape index (κ1) is 19.5. The summed E-state index contributed by atoms with van der Waals surface area (Å²) in [5.41, 5.74) is 2.00. The highest BCUT2D eigenvalue weighted by Crippen LogP contribution is 2.22. The van der Waals surface area contributed by atoms with Gasteiger partial charge in [0.1, 0.15) is 0 Å². The number of nitrogens with zero attached hydrogens (tertiary/aromatic N) is 2. The van der Waals surface area contributed by atoms with Crippen LogP contribution in [0.5, 0.6) is 0 Å². The number of hydrogen-bond donors (Lipinski definition) is 2. The van der Waals surface area contributed by atoms with Gasteiger partial charge in [0, 0.05) is 43.6 Å². The van der Waals surface area contributed by atoms with Crippen LogP contribution in [0, 0.1) is 5.92 Å². The van der Waals surface area contributed by atoms with Gasteiger partial charge in [-0.1, -0.05) is 12.1 Å². The van der Waals surface area contributed by atoms with Crippen molar-refractivity contribution in [1.82, 2.24) is 15.2 Å². The van der Waals surface area contributed by atoms with E-state index in [2.05, 4.69) is 15.6 Å². The number of carbonyl (C=O) groups is 3. The van der Waals surface area contributed by atoms with E-state index in [1.807, 2.05) is 32.0 Å². The van der Waals surface area contributed by atoms with Crippen molar-refractivity contribution in [2.45, 2.75) is 32.9 Å². The van der Waals surface area contributed by atoms with Crippen molar-refractivity contribution in [3.63, 3.8) is 0 Å². The number of carbonyl (C=O) groups excluding carboxylic acids is 3. The van der Waals surface area contributed by atoms with Gasteiger partial charge in [0.2, 0.25) is 11.8 Å². The molecule has 1 atom stereocenters. The maximum atomic E-state index is 12.5. The molecule has 1 aliphatic rings. The predicted octanol–water partition coefficient (Wildman–Crippen LogP) is 2.21. The van der Waals surface area contributed by atoms with Crippen LogP contribution in [-0.2, 0) is 16.1 Å². The Labute approximate surface area is 164 Å². The molecule has 0 bridgehead atoms. The van der Waals surface area contributed by atoms with E-state index in [0.717, 1.165) is 5.56 Å². The average molecular weight is 380 g/mol. The zero-order valence-electron chi connectivity index (χ0n) is 16.0. The Morgan fingerprint density at radius 1 is 1.25 bits per heavy atom. The first-order chi connectivity index (χ1) is 13.4. The first-order valence-corrected chi connectivity index (χ1v) is 9.31. The SMILES string of the molecule is CC(C)N1CC(C(=O)Nc2cccc(CNC(=O)c3cccnc3)c2)CC1=O. The van der Waals surface area contributed by atoms with Crippen LogP contribution in [0.2, 0.25) is 0 Å². The quantitative estimate of drug-likeness (QED) is 0.804. The molecule has 0 saturated carbocycles. The summed E-state index contributed by atoms with van der Waals surface area (Å²) in [7, 11) is 0. The van der Waals surface area contributed by atoms with Crippen LogP contribution in [0.3, 0.4) is 0 Å². The molecule has 0 aliphatic carbocycles. The normalized spacial score (nSPS) is 16.3. The maximum absolute atomic E-state index is 12.5. The number of benzene rings is 1. The summed E-state index contributed by atoms with van der Waals surface area (Å²) in [5, 5.41) is 5.72. The summed E-state index contributed by atoms with van der Waals surface area (Å²) in [6, 6.07) is 10.8. The molecule has 2 heterocycles. The van der Waals surface area contributed by atoms with Crippen LogP contribution in [0.15, 0.2) is 48.8 Å². The van der Waals surface area contributed by atoms with Gasteiger partial charge in [-0.2, -0.15) is 0 Å². The lowest BCUT2D eigenvalue weighted by Crippen LogP contribution is -2.33. The van der Waals surface area contributed by atoms with Gasteiger partial charge >= 0.3 is 0 Å². The first-order valence-electron chi connectivity index (χ1n) is 9.31. The summed E-state index contributed by atoms with van der Waals surface area (Å²) in [6.45, 7) is 4.67. The standard InChI is InChI=1S/C21H24N4O3/c1-14(2)25-13-17(10-19(25)26)21(28)24-18-7-3-5-15(9-18)11-23-20(27)16-6-4-8-22-12-16/h3-9,12,14,17H,10-11,13H2,1-2H3,(H,23,27)(H,24,28). The van der Waals surface area contributed by atoms with E-state index < -0.39 is 0 Å². The minimum Gasteiger partial charge on any atom is -0.348 e. The number of nitrogens with one attached hydrogen (secondary N) is 2. The second-order valence-corrected chi connectivity index (χ2v) is 7.15. The Bertz CT molecular complexity index is 867. The predicted molar refractivity (Wildman–Crippen MR) is 105 cm³/mol. The second-order valence-electron chi connectivity index (χ2n) is 7.15. The number of hydrogen-bond acceptors (Lipinski definition) is 4. The molecule has 2 N–H and O–H groups in total. The number of pyridine rings is 1. The van der Waals surface area contributed by atoms with Crippen LogP contribution in [0.1, 0.15) is 36.2 Å². The zero-order chi connectivity index (χ0) is 20.1. The van der Waals surface area contributed by atoms with Crippen molar-refractivity contribution in [1.29, 1.82) is 0 Å². The molecule has 28 heavy (non-hydrogen) atoms. The smallest absolute Gasteiger partial charge is 0.253 e. The van der Waals surface area contributed by atoms with Crippen molar-refractivity contribution in [3.05, 3.63) is 59.9 Å². The zero-order valence-corrected chi connectivity index (χ0v) is 16.0. The molecular formula is C21H24N4O3. The number of aromatic nitrogens is 1. The molecule has 3 amide bonds. The number of anilines is 1. The van der Waals surface area contributed by atoms with Gasteiger partial charge in [0.25, 0.3) is 5.91 Å². The van der Waals surface area contributed by atoms with Crippen molar-refractivity contribution >= 4 is 23.4 Å². The third kappa shape index (κ3) is 4.73. The molecule has 1 aliphatic heterocycles. The van der Waals surface area contributed by atoms with Gasteiger partial charge in [-0.15, -0.1) is 0 Å². The lowest BCUT2D eigenvalue weighted by Gasteiger charge is -2.20. The third-order valence-corrected chi connectivity index (χ3v) is 4.72. The molecular weight excluding hydrogens is 356 g/mol. The Morgan fingerprint density at radius 2 is 2.07 bits per heavy atom. The number of amides is 3. The van der Waals surface area contributed by atoms with E-state index >= 15 is 0 Å². The van der Waals surface area contributed by atoms with Gasteiger partial charge < -0.3 is 15.5 Å². The number of likely N-dealkylation sites (tertiary alicyclic amines) is 1. The molecule has 1 unspecified atom stereocenters. The summed E-state index contributed by atoms with van der Waals surface area (Å²) in [5.74, 6) is -0.695. The Hall–Kier alpha value is -3.22. The van der Waals surface area contributed by atoms with E-state index in [-0.39, 0.29) is 36.1 Å². The van der Waals surface area contributed by atoms with Crippen molar-refractivity contribution in [3.8, 4) is 0 Å². The van der Waals surface area contributed by atoms with E-state index in [4.69, 9.17) is 0 Å². The highest BCUT2D eigenvalue weighted by molar-refractivity contribution is 5.97. The highest BCUT2D eigenvalue weighted by atomic mass is 16.2. The molecule has 0 spiro atoms. The summed E-state index contributed by atoms with van der Waals surface area (Å²) in [6.07, 6.45) is 3.36. The van der Waals surface area contributed by atoms with Crippen LogP contribution in [0.25, 0.3) is 0 Å². The van der Waals surface area contributed by atoms with Crippen LogP contribution >= 0.6 is 0 Å². The van der Waals surface area contributed by atoms with Crippen molar-refractivity contribution < 1.29 is 14.4 Å². The molecule has 2 aromatic rings. The molecule has 3 rings (SSSR count). The largest absolute Gasteiger partial charge is 0.348 e. The third-order valence-electron chi connectivity index (χ3n) is 4.72. The van der Waals surface area contributed by atoms with Gasteiger partial charge in [-0.3, -0.25) is 19.4 Å². The minimum absolute atomic E-state index is 0.0158. The van der Waals surface area contributed by atoms with E-state index in [0.29, 0.717) is 24.3 Å². The van der Waals surface area contributed by atoms with E-state index in [1.54, 1.807) is 29.3 Å². The lowest BCUT2D eigenvalue weighted by atomic mass is 10.1. The monoisotopic (exact) mass is 380 g/mol. The van der Waals surface area contributed by atoms with Crippen LogP contribution < -0.4 is 10.6 Å². The fourth-order valence-corrected chi connectivity index (χ4v) is 3.19. The molecule has 1 aromatic heterocycles. The Kier molecular flexibility index (Phi) is 6.03. The topological polar surface area (TPSA) is 91.4 Å². The molecule has 7 nitrogen and oxygen atoms in total. The molecule has 1 fully saturated rings.